The van der Waals surface area contributed by atoms with Gasteiger partial charge in [0.05, 0.1) is 17.2 Å². The molecule has 160 valence electrons. The number of rotatable bonds is 7. The maximum Gasteiger partial charge on any atom is 0.416 e. The maximum atomic E-state index is 13.0. The predicted molar refractivity (Wildman–Crippen MR) is 98.0 cm³/mol. The van der Waals surface area contributed by atoms with Gasteiger partial charge in [-0.25, -0.2) is 0 Å². The number of benzene rings is 2. The molecule has 0 radical (unpaired) electrons. The van der Waals surface area contributed by atoms with E-state index in [0.29, 0.717) is 25.2 Å². The summed E-state index contributed by atoms with van der Waals surface area (Å²) < 4.78 is 78.0. The van der Waals surface area contributed by atoms with E-state index >= 15 is 0 Å². The van der Waals surface area contributed by atoms with Crippen LogP contribution >= 0.6 is 0 Å². The summed E-state index contributed by atoms with van der Waals surface area (Å²) in [5.74, 6) is 0. The molecule has 0 bridgehead atoms. The van der Waals surface area contributed by atoms with Crippen molar-refractivity contribution in [3.8, 4) is 0 Å². The first-order valence-corrected chi connectivity index (χ1v) is 9.13. The molecule has 1 atom stereocenters. The Labute approximate surface area is 165 Å². The van der Waals surface area contributed by atoms with E-state index in [1.165, 1.54) is 0 Å². The van der Waals surface area contributed by atoms with Gasteiger partial charge in [-0.1, -0.05) is 30.3 Å². The van der Waals surface area contributed by atoms with Gasteiger partial charge in [-0.05, 0) is 49.6 Å². The van der Waals surface area contributed by atoms with Gasteiger partial charge in [-0.15, -0.1) is 0 Å². The third-order valence-corrected chi connectivity index (χ3v) is 4.64. The Morgan fingerprint density at radius 1 is 0.862 bits per heavy atom. The summed E-state index contributed by atoms with van der Waals surface area (Å²) in [5.41, 5.74) is -2.22. The summed E-state index contributed by atoms with van der Waals surface area (Å²) in [6.45, 7) is 4.73. The van der Waals surface area contributed by atoms with E-state index in [1.54, 1.807) is 0 Å². The molecule has 2 nitrogen and oxygen atoms in total. The van der Waals surface area contributed by atoms with Gasteiger partial charge in [0, 0.05) is 19.1 Å². The van der Waals surface area contributed by atoms with Gasteiger partial charge in [0.25, 0.3) is 0 Å². The Balaban J connectivity index is 2.19. The van der Waals surface area contributed by atoms with E-state index in [2.05, 4.69) is 0 Å². The number of aliphatic hydroxyl groups is 1. The normalized spacial score (nSPS) is 13.9. The second-order valence-electron chi connectivity index (χ2n) is 7.19. The van der Waals surface area contributed by atoms with Crippen molar-refractivity contribution >= 4 is 0 Å². The van der Waals surface area contributed by atoms with Crippen molar-refractivity contribution in [2.45, 2.75) is 51.3 Å². The molecule has 0 aliphatic carbocycles. The van der Waals surface area contributed by atoms with Gasteiger partial charge in [0.1, 0.15) is 0 Å². The van der Waals surface area contributed by atoms with Gasteiger partial charge in [0.2, 0.25) is 0 Å². The first-order valence-electron chi connectivity index (χ1n) is 9.13. The fourth-order valence-corrected chi connectivity index (χ4v) is 2.96. The Hall–Kier alpha value is -2.06. The molecule has 0 spiro atoms. The fraction of sp³-hybridized carbons (Fsp3) is 0.429. The number of hydrogen-bond donors (Lipinski definition) is 1. The molecule has 0 saturated heterocycles. The minimum absolute atomic E-state index is 0.00359. The van der Waals surface area contributed by atoms with Crippen LogP contribution in [0.5, 0.6) is 0 Å². The van der Waals surface area contributed by atoms with Crippen LogP contribution in [0.15, 0.2) is 48.5 Å². The zero-order valence-electron chi connectivity index (χ0n) is 16.1. The summed E-state index contributed by atoms with van der Waals surface area (Å²) >= 11 is 0. The first-order chi connectivity index (χ1) is 13.4. The molecule has 0 fully saturated rings. The van der Waals surface area contributed by atoms with Crippen LogP contribution in [-0.4, -0.2) is 22.6 Å². The molecular formula is C21H23F6NO. The van der Waals surface area contributed by atoms with E-state index < -0.39 is 35.1 Å². The molecular weight excluding hydrogens is 396 g/mol. The number of nitrogens with zero attached hydrogens (tertiary/aromatic N) is 1. The monoisotopic (exact) mass is 419 g/mol. The highest BCUT2D eigenvalue weighted by Gasteiger charge is 2.37. The highest BCUT2D eigenvalue weighted by atomic mass is 19.4. The highest BCUT2D eigenvalue weighted by Crippen LogP contribution is 2.37. The molecule has 0 aromatic heterocycles. The second-order valence-corrected chi connectivity index (χ2v) is 7.19. The molecule has 2 rings (SSSR count). The van der Waals surface area contributed by atoms with Crippen LogP contribution in [0.25, 0.3) is 0 Å². The second kappa shape index (κ2) is 9.17. The lowest BCUT2D eigenvalue weighted by molar-refractivity contribution is -0.143. The zero-order chi connectivity index (χ0) is 21.8. The van der Waals surface area contributed by atoms with Crippen LogP contribution in [0.3, 0.4) is 0 Å². The minimum Gasteiger partial charge on any atom is -0.388 e. The van der Waals surface area contributed by atoms with E-state index in [1.807, 2.05) is 49.1 Å². The summed E-state index contributed by atoms with van der Waals surface area (Å²) in [7, 11) is 0. The maximum absolute atomic E-state index is 13.0. The van der Waals surface area contributed by atoms with Crippen molar-refractivity contribution in [1.29, 1.82) is 0 Å². The molecule has 0 heterocycles. The topological polar surface area (TPSA) is 23.5 Å². The standard InChI is InChI=1S/C21H23F6NO/c1-14(2)28(13-15-6-4-3-5-7-15)9-8-19(29)16-10-17(20(22,23)24)12-18(11-16)21(25,26)27/h3-7,10-12,14,19,29H,8-9,13H2,1-2H3. The third-order valence-electron chi connectivity index (χ3n) is 4.64. The molecule has 0 aliphatic rings. The average Bonchev–Trinajstić information content (AvgIpc) is 2.63. The Morgan fingerprint density at radius 2 is 1.38 bits per heavy atom. The van der Waals surface area contributed by atoms with Gasteiger partial charge in [-0.2, -0.15) is 26.3 Å². The third kappa shape index (κ3) is 6.75. The lowest BCUT2D eigenvalue weighted by Gasteiger charge is -2.28. The van der Waals surface area contributed by atoms with E-state index in [0.717, 1.165) is 5.56 Å². The van der Waals surface area contributed by atoms with Crippen LogP contribution in [0.4, 0.5) is 26.3 Å². The van der Waals surface area contributed by atoms with Gasteiger partial charge < -0.3 is 5.11 Å². The molecule has 1 N–H and O–H groups in total. The van der Waals surface area contributed by atoms with Crippen molar-refractivity contribution in [2.75, 3.05) is 6.54 Å². The van der Waals surface area contributed by atoms with Crippen molar-refractivity contribution in [2.24, 2.45) is 0 Å². The van der Waals surface area contributed by atoms with Crippen LogP contribution in [0.2, 0.25) is 0 Å². The van der Waals surface area contributed by atoms with E-state index in [4.69, 9.17) is 0 Å². The zero-order valence-corrected chi connectivity index (χ0v) is 16.1. The summed E-state index contributed by atoms with van der Waals surface area (Å²) in [6.07, 6.45) is -11.3. The highest BCUT2D eigenvalue weighted by molar-refractivity contribution is 5.34. The molecule has 8 heteroatoms. The summed E-state index contributed by atoms with van der Waals surface area (Å²) in [6, 6.07) is 10.8. The van der Waals surface area contributed by atoms with Crippen molar-refractivity contribution < 1.29 is 31.4 Å². The molecule has 2 aromatic carbocycles. The molecule has 0 amide bonds. The predicted octanol–water partition coefficient (Wildman–Crippen LogP) is 6.06. The van der Waals surface area contributed by atoms with Crippen LogP contribution in [0, 0.1) is 0 Å². The summed E-state index contributed by atoms with van der Waals surface area (Å²) in [4.78, 5) is 2.00. The first kappa shape index (κ1) is 23.2. The smallest absolute Gasteiger partial charge is 0.388 e. The van der Waals surface area contributed by atoms with Gasteiger partial charge in [-0.3, -0.25) is 4.90 Å². The Bertz CT molecular complexity index is 754. The van der Waals surface area contributed by atoms with Crippen LogP contribution < -0.4 is 0 Å². The molecule has 1 unspecified atom stereocenters. The number of aliphatic hydroxyl groups excluding tert-OH is 1. The van der Waals surface area contributed by atoms with E-state index in [9.17, 15) is 31.4 Å². The van der Waals surface area contributed by atoms with Gasteiger partial charge >= 0.3 is 12.4 Å². The van der Waals surface area contributed by atoms with Crippen molar-refractivity contribution in [1.82, 2.24) is 4.90 Å². The van der Waals surface area contributed by atoms with Crippen molar-refractivity contribution in [3.05, 3.63) is 70.8 Å². The lowest BCUT2D eigenvalue weighted by Crippen LogP contribution is -2.32. The minimum atomic E-state index is -4.94. The number of alkyl halides is 6. The molecule has 0 saturated carbocycles. The van der Waals surface area contributed by atoms with Gasteiger partial charge in [0.15, 0.2) is 0 Å². The van der Waals surface area contributed by atoms with Crippen LogP contribution in [0.1, 0.15) is 48.6 Å². The molecule has 29 heavy (non-hydrogen) atoms. The average molecular weight is 419 g/mol. The van der Waals surface area contributed by atoms with Crippen molar-refractivity contribution in [3.63, 3.8) is 0 Å². The number of halogens is 6. The SMILES string of the molecule is CC(C)N(CCC(O)c1cc(C(F)(F)F)cc(C(F)(F)F)c1)Cc1ccccc1. The van der Waals surface area contributed by atoms with Crippen LogP contribution in [-0.2, 0) is 18.9 Å². The quantitative estimate of drug-likeness (QED) is 0.552. The lowest BCUT2D eigenvalue weighted by atomic mass is 9.99. The molecule has 2 aromatic rings. The Morgan fingerprint density at radius 3 is 1.83 bits per heavy atom. The number of hydrogen-bond acceptors (Lipinski definition) is 2. The largest absolute Gasteiger partial charge is 0.416 e. The van der Waals surface area contributed by atoms with E-state index in [-0.39, 0.29) is 18.5 Å². The molecule has 0 aliphatic heterocycles. The summed E-state index contributed by atoms with van der Waals surface area (Å²) in [5, 5.41) is 10.3. The Kier molecular flexibility index (Phi) is 7.35. The fourth-order valence-electron chi connectivity index (χ4n) is 2.96.